The van der Waals surface area contributed by atoms with E-state index in [1.54, 1.807) is 6.08 Å². The van der Waals surface area contributed by atoms with Crippen LogP contribution < -0.4 is 5.32 Å². The molecule has 1 unspecified atom stereocenters. The van der Waals surface area contributed by atoms with Crippen molar-refractivity contribution in [1.29, 1.82) is 0 Å². The number of allylic oxidation sites excluding steroid dienone is 4. The molecular weight excluding hydrogens is 342 g/mol. The molecule has 1 aliphatic carbocycles. The Hall–Kier alpha value is -3.39. The van der Waals surface area contributed by atoms with E-state index in [4.69, 9.17) is 0 Å². The first-order valence-electron chi connectivity index (χ1n) is 9.60. The molecule has 0 saturated heterocycles. The summed E-state index contributed by atoms with van der Waals surface area (Å²) in [4.78, 5) is 13.2. The summed E-state index contributed by atoms with van der Waals surface area (Å²) in [6.07, 6.45) is 2.61. The van der Waals surface area contributed by atoms with Crippen molar-refractivity contribution in [2.75, 3.05) is 5.32 Å². The summed E-state index contributed by atoms with van der Waals surface area (Å²) in [5, 5.41) is 3.43. The Morgan fingerprint density at radius 2 is 1.39 bits per heavy atom. The first-order valence-corrected chi connectivity index (χ1v) is 9.60. The minimum absolute atomic E-state index is 0.0325. The Bertz CT molecular complexity index is 1020. The van der Waals surface area contributed by atoms with Crippen molar-refractivity contribution in [3.63, 3.8) is 0 Å². The monoisotopic (exact) mass is 365 g/mol. The van der Waals surface area contributed by atoms with Gasteiger partial charge in [0.15, 0.2) is 5.78 Å². The third-order valence-corrected chi connectivity index (χ3v) is 5.20. The molecule has 2 nitrogen and oxygen atoms in total. The number of benzene rings is 3. The van der Waals surface area contributed by atoms with Crippen molar-refractivity contribution >= 4 is 17.0 Å². The minimum atomic E-state index is 0.0325. The van der Waals surface area contributed by atoms with Gasteiger partial charge >= 0.3 is 0 Å². The number of carbonyl (C=O) groups excluding carboxylic acids is 1. The maximum atomic E-state index is 13.2. The van der Waals surface area contributed by atoms with Gasteiger partial charge in [0.25, 0.3) is 0 Å². The molecule has 0 fully saturated rings. The Kier molecular flexibility index (Phi) is 5.20. The van der Waals surface area contributed by atoms with Gasteiger partial charge in [0.05, 0.1) is 0 Å². The molecular formula is C26H23NO. The van der Waals surface area contributed by atoms with E-state index in [-0.39, 0.29) is 11.7 Å². The predicted molar refractivity (Wildman–Crippen MR) is 116 cm³/mol. The number of ketones is 1. The number of hydrogen-bond donors (Lipinski definition) is 1. The fraction of sp³-hybridized carbons (Fsp3) is 0.115. The second-order valence-corrected chi connectivity index (χ2v) is 7.10. The summed E-state index contributed by atoms with van der Waals surface area (Å²) in [6.45, 7) is 2.00. The standard InChI is InChI=1S/C26H23NO/c1-19(27-23-15-9-4-10-16-23)26-24(21-13-7-3-8-14-21)17-22(18-25(26)28)20-11-5-2-6-12-20/h2-16,18,24,27H,17H2,1H3/b26-19-. The lowest BCUT2D eigenvalue weighted by atomic mass is 9.76. The van der Waals surface area contributed by atoms with Crippen LogP contribution >= 0.6 is 0 Å². The fourth-order valence-electron chi connectivity index (χ4n) is 3.86. The molecule has 0 bridgehead atoms. The quantitative estimate of drug-likeness (QED) is 0.557. The fourth-order valence-corrected chi connectivity index (χ4v) is 3.86. The van der Waals surface area contributed by atoms with Gasteiger partial charge < -0.3 is 5.32 Å². The molecule has 0 aromatic heterocycles. The highest BCUT2D eigenvalue weighted by Gasteiger charge is 2.30. The van der Waals surface area contributed by atoms with Gasteiger partial charge in [0.2, 0.25) is 0 Å². The number of hydrogen-bond acceptors (Lipinski definition) is 2. The van der Waals surface area contributed by atoms with Gasteiger partial charge in [-0.05, 0) is 48.3 Å². The Labute approximate surface area is 166 Å². The molecule has 1 N–H and O–H groups in total. The van der Waals surface area contributed by atoms with E-state index in [0.29, 0.717) is 0 Å². The zero-order valence-electron chi connectivity index (χ0n) is 15.9. The van der Waals surface area contributed by atoms with Crippen LogP contribution in [0.1, 0.15) is 30.4 Å². The summed E-state index contributed by atoms with van der Waals surface area (Å²) >= 11 is 0. The van der Waals surface area contributed by atoms with E-state index in [9.17, 15) is 4.79 Å². The van der Waals surface area contributed by atoms with Crippen molar-refractivity contribution in [2.45, 2.75) is 19.3 Å². The topological polar surface area (TPSA) is 29.1 Å². The van der Waals surface area contributed by atoms with Gasteiger partial charge in [0.1, 0.15) is 0 Å². The van der Waals surface area contributed by atoms with Crippen LogP contribution in [0.25, 0.3) is 5.57 Å². The summed E-state index contributed by atoms with van der Waals surface area (Å²) < 4.78 is 0. The Morgan fingerprint density at radius 3 is 2.04 bits per heavy atom. The first kappa shape index (κ1) is 18.0. The second-order valence-electron chi connectivity index (χ2n) is 7.10. The van der Waals surface area contributed by atoms with Crippen LogP contribution in [-0.2, 0) is 4.79 Å². The minimum Gasteiger partial charge on any atom is -0.359 e. The molecule has 3 aromatic carbocycles. The van der Waals surface area contributed by atoms with Crippen LogP contribution in [0.3, 0.4) is 0 Å². The first-order chi connectivity index (χ1) is 13.7. The number of rotatable bonds is 4. The van der Waals surface area contributed by atoms with Crippen molar-refractivity contribution in [1.82, 2.24) is 0 Å². The maximum Gasteiger partial charge on any atom is 0.184 e. The van der Waals surface area contributed by atoms with Crippen LogP contribution in [-0.4, -0.2) is 5.78 Å². The summed E-state index contributed by atoms with van der Waals surface area (Å²) in [5.41, 5.74) is 6.12. The summed E-state index contributed by atoms with van der Waals surface area (Å²) in [6, 6.07) is 30.5. The van der Waals surface area contributed by atoms with Gasteiger partial charge in [-0.1, -0.05) is 78.9 Å². The van der Waals surface area contributed by atoms with E-state index < -0.39 is 0 Å². The SMILES string of the molecule is C/C(Nc1ccccc1)=C1/C(=O)C=C(c2ccccc2)CC1c1ccccc1. The zero-order chi connectivity index (χ0) is 19.3. The van der Waals surface area contributed by atoms with Crippen molar-refractivity contribution in [3.05, 3.63) is 119 Å². The number of carbonyl (C=O) groups is 1. The third kappa shape index (κ3) is 3.81. The largest absolute Gasteiger partial charge is 0.359 e. The van der Waals surface area contributed by atoms with Crippen LogP contribution in [0.15, 0.2) is 108 Å². The molecule has 0 heterocycles. The number of anilines is 1. The predicted octanol–water partition coefficient (Wildman–Crippen LogP) is 6.21. The Balaban J connectivity index is 1.77. The molecule has 138 valence electrons. The van der Waals surface area contributed by atoms with Gasteiger partial charge in [-0.25, -0.2) is 0 Å². The van der Waals surface area contributed by atoms with Gasteiger partial charge in [0, 0.05) is 22.9 Å². The molecule has 2 heteroatoms. The molecule has 1 aliphatic rings. The maximum absolute atomic E-state index is 13.2. The third-order valence-electron chi connectivity index (χ3n) is 5.20. The Morgan fingerprint density at radius 1 is 0.821 bits per heavy atom. The lowest BCUT2D eigenvalue weighted by molar-refractivity contribution is -0.111. The molecule has 3 aromatic rings. The smallest absolute Gasteiger partial charge is 0.184 e. The second kappa shape index (κ2) is 8.10. The number of para-hydroxylation sites is 1. The van der Waals surface area contributed by atoms with Crippen molar-refractivity contribution in [3.8, 4) is 0 Å². The van der Waals surface area contributed by atoms with Crippen LogP contribution in [0.2, 0.25) is 0 Å². The van der Waals surface area contributed by atoms with E-state index >= 15 is 0 Å². The van der Waals surface area contributed by atoms with E-state index in [0.717, 1.165) is 34.5 Å². The van der Waals surface area contributed by atoms with Gasteiger partial charge in [-0.3, -0.25) is 4.79 Å². The summed E-state index contributed by atoms with van der Waals surface area (Å²) in [5.74, 6) is 0.116. The van der Waals surface area contributed by atoms with Crippen LogP contribution in [0.4, 0.5) is 5.69 Å². The van der Waals surface area contributed by atoms with E-state index in [2.05, 4.69) is 29.6 Å². The highest BCUT2D eigenvalue weighted by Crippen LogP contribution is 2.40. The number of nitrogens with one attached hydrogen (secondary N) is 1. The zero-order valence-corrected chi connectivity index (χ0v) is 15.9. The highest BCUT2D eigenvalue weighted by atomic mass is 16.1. The average Bonchev–Trinajstić information content (AvgIpc) is 2.75. The van der Waals surface area contributed by atoms with Crippen molar-refractivity contribution in [2.24, 2.45) is 0 Å². The van der Waals surface area contributed by atoms with E-state index in [1.165, 1.54) is 5.56 Å². The molecule has 0 amide bonds. The van der Waals surface area contributed by atoms with Crippen molar-refractivity contribution < 1.29 is 4.79 Å². The normalized spacial score (nSPS) is 18.4. The lowest BCUT2D eigenvalue weighted by Gasteiger charge is -2.28. The van der Waals surface area contributed by atoms with Gasteiger partial charge in [-0.15, -0.1) is 0 Å². The molecule has 4 rings (SSSR count). The van der Waals surface area contributed by atoms with Crippen LogP contribution in [0, 0.1) is 0 Å². The molecule has 28 heavy (non-hydrogen) atoms. The lowest BCUT2D eigenvalue weighted by Crippen LogP contribution is -2.20. The highest BCUT2D eigenvalue weighted by molar-refractivity contribution is 6.11. The molecule has 1 atom stereocenters. The van der Waals surface area contributed by atoms with Gasteiger partial charge in [-0.2, -0.15) is 0 Å². The molecule has 0 saturated carbocycles. The molecule has 0 spiro atoms. The molecule has 0 aliphatic heterocycles. The average molecular weight is 365 g/mol. The summed E-state index contributed by atoms with van der Waals surface area (Å²) in [7, 11) is 0. The van der Waals surface area contributed by atoms with Crippen LogP contribution in [0.5, 0.6) is 0 Å². The van der Waals surface area contributed by atoms with E-state index in [1.807, 2.05) is 73.7 Å². The molecule has 0 radical (unpaired) electrons.